The van der Waals surface area contributed by atoms with E-state index >= 15 is 0 Å². The van der Waals surface area contributed by atoms with Crippen LogP contribution in [-0.2, 0) is 10.2 Å². The molecule has 0 saturated carbocycles. The largest absolute Gasteiger partial charge is 0.333 e. The van der Waals surface area contributed by atoms with E-state index in [1.807, 2.05) is 0 Å². The third-order valence-electron chi connectivity index (χ3n) is 1.64. The average molecular weight is 227 g/mol. The van der Waals surface area contributed by atoms with Crippen LogP contribution < -0.4 is 5.32 Å². The van der Waals surface area contributed by atoms with Crippen LogP contribution in [-0.4, -0.2) is 22.0 Å². The van der Waals surface area contributed by atoms with Gasteiger partial charge in [0.05, 0.1) is 6.54 Å². The Morgan fingerprint density at radius 2 is 2.07 bits per heavy atom. The van der Waals surface area contributed by atoms with Gasteiger partial charge in [-0.1, -0.05) is 24.0 Å². The summed E-state index contributed by atoms with van der Waals surface area (Å²) < 4.78 is 34.3. The maximum atomic E-state index is 12.8. The molecule has 1 rings (SSSR count). The molecule has 80 valence electrons. The molecule has 0 aliphatic rings. The maximum absolute atomic E-state index is 12.8. The number of hydrogen-bond donors (Lipinski definition) is 1. The first-order chi connectivity index (χ1) is 7.05. The molecule has 1 aromatic rings. The van der Waals surface area contributed by atoms with Crippen molar-refractivity contribution < 1.29 is 12.3 Å². The van der Waals surface area contributed by atoms with E-state index in [2.05, 4.69) is 17.2 Å². The lowest BCUT2D eigenvalue weighted by Crippen LogP contribution is -2.04. The summed E-state index contributed by atoms with van der Waals surface area (Å²) in [4.78, 5) is -0.381. The SMILES string of the molecule is CNCC#Cc1ccccc1S(=O)(=O)F. The van der Waals surface area contributed by atoms with Crippen molar-refractivity contribution in [2.75, 3.05) is 13.6 Å². The smallest absolute Gasteiger partial charge is 0.309 e. The van der Waals surface area contributed by atoms with Gasteiger partial charge in [-0.3, -0.25) is 0 Å². The highest BCUT2D eigenvalue weighted by Crippen LogP contribution is 2.16. The molecule has 0 saturated heterocycles. The third kappa shape index (κ3) is 3.35. The molecule has 0 atom stereocenters. The first kappa shape index (κ1) is 11.7. The second-order valence-corrected chi connectivity index (χ2v) is 4.08. The molecule has 0 amide bonds. The van der Waals surface area contributed by atoms with E-state index in [-0.39, 0.29) is 10.5 Å². The molecular formula is C10H10FNO2S. The zero-order chi connectivity index (χ0) is 11.3. The van der Waals surface area contributed by atoms with E-state index in [1.54, 1.807) is 13.1 Å². The van der Waals surface area contributed by atoms with Crippen LogP contribution in [0.5, 0.6) is 0 Å². The van der Waals surface area contributed by atoms with Gasteiger partial charge in [0.25, 0.3) is 0 Å². The van der Waals surface area contributed by atoms with Crippen molar-refractivity contribution in [3.63, 3.8) is 0 Å². The summed E-state index contributed by atoms with van der Waals surface area (Å²) in [5, 5.41) is 2.78. The molecule has 0 bridgehead atoms. The fraction of sp³-hybridized carbons (Fsp3) is 0.200. The van der Waals surface area contributed by atoms with Gasteiger partial charge >= 0.3 is 10.2 Å². The summed E-state index contributed by atoms with van der Waals surface area (Å²) in [6, 6.07) is 5.72. The van der Waals surface area contributed by atoms with Gasteiger partial charge < -0.3 is 5.32 Å². The van der Waals surface area contributed by atoms with Crippen molar-refractivity contribution in [1.82, 2.24) is 5.32 Å². The Bertz CT molecular complexity index is 500. The number of hydrogen-bond acceptors (Lipinski definition) is 3. The molecule has 1 aromatic carbocycles. The Morgan fingerprint density at radius 1 is 1.40 bits per heavy atom. The third-order valence-corrected chi connectivity index (χ3v) is 2.52. The summed E-state index contributed by atoms with van der Waals surface area (Å²) in [7, 11) is -2.98. The molecule has 0 fully saturated rings. The van der Waals surface area contributed by atoms with E-state index < -0.39 is 10.2 Å². The van der Waals surface area contributed by atoms with E-state index in [1.165, 1.54) is 18.2 Å². The molecule has 0 heterocycles. The van der Waals surface area contributed by atoms with Gasteiger partial charge in [0.2, 0.25) is 0 Å². The van der Waals surface area contributed by atoms with Crippen molar-refractivity contribution >= 4 is 10.2 Å². The van der Waals surface area contributed by atoms with Crippen molar-refractivity contribution in [3.8, 4) is 11.8 Å². The van der Waals surface area contributed by atoms with E-state index in [4.69, 9.17) is 0 Å². The zero-order valence-corrected chi connectivity index (χ0v) is 8.94. The van der Waals surface area contributed by atoms with Gasteiger partial charge in [-0.15, -0.1) is 3.89 Å². The van der Waals surface area contributed by atoms with Crippen LogP contribution in [0, 0.1) is 11.8 Å². The van der Waals surface area contributed by atoms with Crippen LogP contribution in [0.25, 0.3) is 0 Å². The Balaban J connectivity index is 3.15. The van der Waals surface area contributed by atoms with E-state index in [9.17, 15) is 12.3 Å². The minimum atomic E-state index is -4.69. The van der Waals surface area contributed by atoms with Crippen LogP contribution in [0.3, 0.4) is 0 Å². The van der Waals surface area contributed by atoms with Gasteiger partial charge in [0.15, 0.2) is 0 Å². The average Bonchev–Trinajstić information content (AvgIpc) is 2.17. The molecule has 3 nitrogen and oxygen atoms in total. The zero-order valence-electron chi connectivity index (χ0n) is 8.12. The lowest BCUT2D eigenvalue weighted by Gasteiger charge is -1.97. The quantitative estimate of drug-likeness (QED) is 0.603. The second kappa shape index (κ2) is 4.91. The lowest BCUT2D eigenvalue weighted by molar-refractivity contribution is 0.552. The fourth-order valence-corrected chi connectivity index (χ4v) is 1.63. The highest BCUT2D eigenvalue weighted by Gasteiger charge is 2.14. The molecule has 0 aliphatic heterocycles. The van der Waals surface area contributed by atoms with Crippen LogP contribution in [0.2, 0.25) is 0 Å². The fourth-order valence-electron chi connectivity index (χ4n) is 1.01. The van der Waals surface area contributed by atoms with Gasteiger partial charge in [0, 0.05) is 5.56 Å². The van der Waals surface area contributed by atoms with Crippen molar-refractivity contribution in [2.45, 2.75) is 4.90 Å². The molecule has 0 spiro atoms. The topological polar surface area (TPSA) is 46.2 Å². The number of halogens is 1. The molecule has 5 heteroatoms. The number of nitrogens with one attached hydrogen (secondary N) is 1. The number of benzene rings is 1. The summed E-state index contributed by atoms with van der Waals surface area (Å²) in [5.41, 5.74) is 0.176. The molecule has 0 radical (unpaired) electrons. The van der Waals surface area contributed by atoms with E-state index in [0.29, 0.717) is 6.54 Å². The molecule has 0 aliphatic carbocycles. The molecule has 1 N–H and O–H groups in total. The van der Waals surface area contributed by atoms with Crippen molar-refractivity contribution in [2.24, 2.45) is 0 Å². The minimum absolute atomic E-state index is 0.176. The normalized spacial score (nSPS) is 10.5. The number of rotatable bonds is 2. The summed E-state index contributed by atoms with van der Waals surface area (Å²) in [5.74, 6) is 5.26. The van der Waals surface area contributed by atoms with Crippen LogP contribution in [0.1, 0.15) is 5.56 Å². The minimum Gasteiger partial charge on any atom is -0.309 e. The van der Waals surface area contributed by atoms with Gasteiger partial charge in [-0.05, 0) is 19.2 Å². The summed E-state index contributed by atoms with van der Waals surface area (Å²) in [6.07, 6.45) is 0. The van der Waals surface area contributed by atoms with Crippen LogP contribution in [0.4, 0.5) is 3.89 Å². The Kier molecular flexibility index (Phi) is 3.83. The molecule has 0 unspecified atom stereocenters. The second-order valence-electron chi connectivity index (χ2n) is 2.77. The standard InChI is InChI=1S/C10H10FNO2S/c1-12-8-4-6-9-5-2-3-7-10(9)15(11,13)14/h2-3,5,7,12H,8H2,1H3. The van der Waals surface area contributed by atoms with Crippen LogP contribution >= 0.6 is 0 Å². The predicted octanol–water partition coefficient (Wildman–Crippen LogP) is 0.916. The maximum Gasteiger partial charge on any atom is 0.333 e. The summed E-state index contributed by atoms with van der Waals surface area (Å²) >= 11 is 0. The lowest BCUT2D eigenvalue weighted by atomic mass is 10.2. The first-order valence-corrected chi connectivity index (χ1v) is 5.61. The first-order valence-electron chi connectivity index (χ1n) is 4.23. The van der Waals surface area contributed by atoms with Gasteiger partial charge in [-0.25, -0.2) is 0 Å². The van der Waals surface area contributed by atoms with Crippen molar-refractivity contribution in [1.29, 1.82) is 0 Å². The predicted molar refractivity (Wildman–Crippen MR) is 55.5 cm³/mol. The highest BCUT2D eigenvalue weighted by molar-refractivity contribution is 7.86. The Morgan fingerprint density at radius 3 is 2.67 bits per heavy atom. The van der Waals surface area contributed by atoms with Crippen molar-refractivity contribution in [3.05, 3.63) is 29.8 Å². The highest BCUT2D eigenvalue weighted by atomic mass is 32.3. The van der Waals surface area contributed by atoms with E-state index in [0.717, 1.165) is 0 Å². The van der Waals surface area contributed by atoms with Gasteiger partial charge in [0.1, 0.15) is 4.90 Å². The molecule has 0 aromatic heterocycles. The van der Waals surface area contributed by atoms with Crippen LogP contribution in [0.15, 0.2) is 29.2 Å². The summed E-state index contributed by atoms with van der Waals surface area (Å²) in [6.45, 7) is 0.417. The van der Waals surface area contributed by atoms with Gasteiger partial charge in [-0.2, -0.15) is 8.42 Å². The monoisotopic (exact) mass is 227 g/mol. The Hall–Kier alpha value is -1.38. The molecule has 15 heavy (non-hydrogen) atoms. The Labute approximate surface area is 88.5 Å². The molecular weight excluding hydrogens is 217 g/mol.